The van der Waals surface area contributed by atoms with Gasteiger partial charge in [-0.2, -0.15) is 22.0 Å². The number of hydrazone groups is 2. The van der Waals surface area contributed by atoms with Crippen LogP contribution < -0.4 is 10.9 Å². The Morgan fingerprint density at radius 3 is 1.55 bits per heavy atom. The highest BCUT2D eigenvalue weighted by molar-refractivity contribution is 7.99. The maximum atomic E-state index is 11.8. The highest BCUT2D eigenvalue weighted by Gasteiger charge is 2.01. The molecule has 0 heterocycles. The first kappa shape index (κ1) is 25.8. The molecule has 0 saturated carbocycles. The minimum Gasteiger partial charge on any atom is -0.273 e. The van der Waals surface area contributed by atoms with Gasteiger partial charge in [-0.05, 0) is 47.6 Å². The van der Waals surface area contributed by atoms with E-state index in [0.717, 1.165) is 35.5 Å². The van der Waals surface area contributed by atoms with Crippen LogP contribution in [-0.4, -0.2) is 35.7 Å². The van der Waals surface area contributed by atoms with Crippen LogP contribution >= 0.6 is 11.8 Å². The molecule has 2 aromatic rings. The number of carbonyl (C=O) groups excluding carboxylic acids is 2. The van der Waals surface area contributed by atoms with Crippen molar-refractivity contribution >= 4 is 48.2 Å². The smallest absolute Gasteiger partial charge is 0.240 e. The number of hydrogen-bond donors (Lipinski definition) is 2. The van der Waals surface area contributed by atoms with Crippen molar-refractivity contribution in [3.63, 3.8) is 0 Å². The normalized spacial score (nSPS) is 11.6. The summed E-state index contributed by atoms with van der Waals surface area (Å²) in [5, 5.41) is 7.81. The second kappa shape index (κ2) is 17.1. The van der Waals surface area contributed by atoms with E-state index < -0.39 is 0 Å². The maximum absolute atomic E-state index is 11.8. The summed E-state index contributed by atoms with van der Waals surface area (Å²) in [6.45, 7) is 0. The third kappa shape index (κ3) is 13.5. The van der Waals surface area contributed by atoms with E-state index in [1.165, 1.54) is 0 Å². The molecule has 2 amide bonds. The SMILES string of the molecule is O=C(CCCSCCCC(=O)N/N=C/C=C/c1ccccc1)N/N=C/C=C\c1ccccc1. The van der Waals surface area contributed by atoms with Crippen molar-refractivity contribution in [3.8, 4) is 0 Å². The Morgan fingerprint density at radius 1 is 0.697 bits per heavy atom. The van der Waals surface area contributed by atoms with Crippen molar-refractivity contribution in [1.82, 2.24) is 10.9 Å². The lowest BCUT2D eigenvalue weighted by Gasteiger charge is -2.02. The van der Waals surface area contributed by atoms with Crippen molar-refractivity contribution in [1.29, 1.82) is 0 Å². The highest BCUT2D eigenvalue weighted by Crippen LogP contribution is 2.08. The Hall–Kier alpha value is -3.45. The van der Waals surface area contributed by atoms with Crippen LogP contribution in [-0.2, 0) is 9.59 Å². The van der Waals surface area contributed by atoms with E-state index in [2.05, 4.69) is 21.1 Å². The van der Waals surface area contributed by atoms with E-state index in [-0.39, 0.29) is 11.8 Å². The van der Waals surface area contributed by atoms with Crippen molar-refractivity contribution in [2.45, 2.75) is 25.7 Å². The summed E-state index contributed by atoms with van der Waals surface area (Å²) >= 11 is 1.74. The molecule has 0 aliphatic rings. The van der Waals surface area contributed by atoms with Gasteiger partial charge in [0.2, 0.25) is 11.8 Å². The lowest BCUT2D eigenvalue weighted by Crippen LogP contribution is -2.17. The minimum atomic E-state index is -0.0986. The molecule has 0 aliphatic carbocycles. The van der Waals surface area contributed by atoms with Gasteiger partial charge in [-0.15, -0.1) is 0 Å². The van der Waals surface area contributed by atoms with Gasteiger partial charge in [0.15, 0.2) is 0 Å². The molecule has 0 aromatic heterocycles. The molecular formula is C26H30N4O2S. The van der Waals surface area contributed by atoms with Gasteiger partial charge in [-0.25, -0.2) is 10.9 Å². The zero-order valence-electron chi connectivity index (χ0n) is 18.6. The van der Waals surface area contributed by atoms with Gasteiger partial charge in [-0.1, -0.05) is 72.8 Å². The molecule has 2 N–H and O–H groups in total. The molecule has 0 fully saturated rings. The molecule has 2 aromatic carbocycles. The van der Waals surface area contributed by atoms with E-state index >= 15 is 0 Å². The largest absolute Gasteiger partial charge is 0.273 e. The fourth-order valence-corrected chi connectivity index (χ4v) is 3.53. The maximum Gasteiger partial charge on any atom is 0.240 e. The molecule has 0 aliphatic heterocycles. The Balaban J connectivity index is 1.42. The summed E-state index contributed by atoms with van der Waals surface area (Å²) < 4.78 is 0. The van der Waals surface area contributed by atoms with Crippen molar-refractivity contribution in [3.05, 3.63) is 83.9 Å². The molecule has 0 unspecified atom stereocenters. The van der Waals surface area contributed by atoms with Crippen LogP contribution in [0.5, 0.6) is 0 Å². The summed E-state index contributed by atoms with van der Waals surface area (Å²) in [6, 6.07) is 19.8. The highest BCUT2D eigenvalue weighted by atomic mass is 32.2. The second-order valence-corrected chi connectivity index (χ2v) is 8.21. The lowest BCUT2D eigenvalue weighted by atomic mass is 10.2. The first-order valence-electron chi connectivity index (χ1n) is 10.9. The van der Waals surface area contributed by atoms with Crippen LogP contribution in [0.15, 0.2) is 83.0 Å². The summed E-state index contributed by atoms with van der Waals surface area (Å²) in [5.74, 6) is 1.54. The van der Waals surface area contributed by atoms with E-state index in [1.54, 1.807) is 36.3 Å². The summed E-state index contributed by atoms with van der Waals surface area (Å²) in [7, 11) is 0. The van der Waals surface area contributed by atoms with Gasteiger partial charge in [0, 0.05) is 25.3 Å². The Morgan fingerprint density at radius 2 is 1.12 bits per heavy atom. The zero-order chi connectivity index (χ0) is 23.4. The average molecular weight is 463 g/mol. The third-order valence-electron chi connectivity index (χ3n) is 4.26. The second-order valence-electron chi connectivity index (χ2n) is 6.99. The van der Waals surface area contributed by atoms with Crippen LogP contribution in [0.1, 0.15) is 36.8 Å². The van der Waals surface area contributed by atoms with Gasteiger partial charge in [0.25, 0.3) is 0 Å². The predicted octanol–water partition coefficient (Wildman–Crippen LogP) is 4.91. The minimum absolute atomic E-state index is 0.0986. The molecule has 0 bridgehead atoms. The molecule has 0 atom stereocenters. The van der Waals surface area contributed by atoms with Crippen LogP contribution in [0, 0.1) is 0 Å². The number of allylic oxidation sites excluding steroid dienone is 2. The van der Waals surface area contributed by atoms with Crippen LogP contribution in [0.3, 0.4) is 0 Å². The average Bonchev–Trinajstić information content (AvgIpc) is 2.84. The summed E-state index contributed by atoms with van der Waals surface area (Å²) in [4.78, 5) is 23.5. The molecule has 33 heavy (non-hydrogen) atoms. The molecule has 7 heteroatoms. The van der Waals surface area contributed by atoms with Gasteiger partial charge < -0.3 is 0 Å². The number of nitrogens with one attached hydrogen (secondary N) is 2. The first-order valence-corrected chi connectivity index (χ1v) is 12.0. The fraction of sp³-hybridized carbons (Fsp3) is 0.231. The zero-order valence-corrected chi connectivity index (χ0v) is 19.4. The quantitative estimate of drug-likeness (QED) is 0.238. The Kier molecular flexibility index (Phi) is 13.4. The number of amides is 2. The molecule has 0 spiro atoms. The monoisotopic (exact) mass is 462 g/mol. The number of thioether (sulfide) groups is 1. The number of rotatable bonds is 14. The van der Waals surface area contributed by atoms with Crippen molar-refractivity contribution in [2.75, 3.05) is 11.5 Å². The van der Waals surface area contributed by atoms with Crippen LogP contribution in [0.25, 0.3) is 12.2 Å². The molecule has 0 saturated heterocycles. The lowest BCUT2D eigenvalue weighted by molar-refractivity contribution is -0.121. The number of carbonyl (C=O) groups is 2. The van der Waals surface area contributed by atoms with Crippen molar-refractivity contribution in [2.24, 2.45) is 10.2 Å². The topological polar surface area (TPSA) is 82.9 Å². The standard InChI is InChI=1S/C26H30N4O2S/c31-25(29-27-19-7-15-23-11-3-1-4-12-23)17-9-21-33-22-10-18-26(32)30-28-20-8-16-24-13-5-2-6-14-24/h1-8,11-16,19-20H,9-10,17-18,21-22H2,(H,29,31)(H,30,32)/b15-7-,16-8+,27-19+,28-20+. The number of nitrogens with zero attached hydrogens (tertiary/aromatic N) is 2. The van der Waals surface area contributed by atoms with E-state index in [4.69, 9.17) is 0 Å². The van der Waals surface area contributed by atoms with Gasteiger partial charge in [0.05, 0.1) is 0 Å². The Bertz CT molecular complexity index is 864. The van der Waals surface area contributed by atoms with Crippen LogP contribution in [0.2, 0.25) is 0 Å². The third-order valence-corrected chi connectivity index (χ3v) is 5.42. The van der Waals surface area contributed by atoms with Crippen LogP contribution in [0.4, 0.5) is 0 Å². The van der Waals surface area contributed by atoms with E-state index in [1.807, 2.05) is 72.8 Å². The van der Waals surface area contributed by atoms with E-state index in [9.17, 15) is 9.59 Å². The number of benzene rings is 2. The molecule has 172 valence electrons. The molecule has 0 radical (unpaired) electrons. The van der Waals surface area contributed by atoms with Gasteiger partial charge in [0.1, 0.15) is 0 Å². The van der Waals surface area contributed by atoms with Crippen molar-refractivity contribution < 1.29 is 9.59 Å². The van der Waals surface area contributed by atoms with E-state index in [0.29, 0.717) is 12.8 Å². The number of hydrogen-bond acceptors (Lipinski definition) is 5. The molecule has 2 rings (SSSR count). The molecule has 6 nitrogen and oxygen atoms in total. The molecular weight excluding hydrogens is 432 g/mol. The summed E-state index contributed by atoms with van der Waals surface area (Å²) in [5.41, 5.74) is 7.20. The predicted molar refractivity (Wildman–Crippen MR) is 140 cm³/mol. The fourth-order valence-electron chi connectivity index (χ4n) is 2.62. The first-order chi connectivity index (χ1) is 16.2. The van der Waals surface area contributed by atoms with Gasteiger partial charge >= 0.3 is 0 Å². The van der Waals surface area contributed by atoms with Gasteiger partial charge in [-0.3, -0.25) is 9.59 Å². The Labute approximate surface area is 199 Å². The summed E-state index contributed by atoms with van der Waals surface area (Å²) in [6.07, 6.45) is 12.9.